The molecule has 2 aromatic rings. The molecule has 1 N–H and O–H groups in total. The third kappa shape index (κ3) is 5.69. The average Bonchev–Trinajstić information content (AvgIpc) is 3.03. The summed E-state index contributed by atoms with van der Waals surface area (Å²) in [5.74, 6) is 1.04. The molecule has 0 spiro atoms. The highest BCUT2D eigenvalue weighted by atomic mass is 35.5. The van der Waals surface area contributed by atoms with Crippen molar-refractivity contribution in [1.29, 1.82) is 0 Å². The van der Waals surface area contributed by atoms with E-state index in [0.717, 1.165) is 0 Å². The maximum absolute atomic E-state index is 12.5. The summed E-state index contributed by atoms with van der Waals surface area (Å²) in [5, 5.41) is 7.01. The Balaban J connectivity index is 0.00000312. The molecule has 9 heteroatoms. The van der Waals surface area contributed by atoms with Gasteiger partial charge in [-0.25, -0.2) is 8.42 Å². The number of likely N-dealkylation sites (N-methyl/N-ethyl adjacent to an activating group) is 1. The van der Waals surface area contributed by atoms with E-state index in [1.165, 1.54) is 19.2 Å². The summed E-state index contributed by atoms with van der Waals surface area (Å²) in [6, 6.07) is 6.54. The van der Waals surface area contributed by atoms with Gasteiger partial charge in [0.05, 0.1) is 17.8 Å². The van der Waals surface area contributed by atoms with Gasteiger partial charge in [0.25, 0.3) is 0 Å². The van der Waals surface area contributed by atoms with Crippen LogP contribution in [0.2, 0.25) is 0 Å². The Morgan fingerprint density at radius 1 is 1.24 bits per heavy atom. The van der Waals surface area contributed by atoms with Crippen molar-refractivity contribution in [3.05, 3.63) is 36.0 Å². The van der Waals surface area contributed by atoms with E-state index in [0.29, 0.717) is 23.9 Å². The van der Waals surface area contributed by atoms with Crippen LogP contribution in [0.4, 0.5) is 0 Å². The minimum absolute atomic E-state index is 0. The molecular formula is C16H24ClN3O4S. The molecule has 0 aliphatic carbocycles. The third-order valence-corrected chi connectivity index (χ3v) is 5.70. The van der Waals surface area contributed by atoms with Gasteiger partial charge < -0.3 is 14.6 Å². The van der Waals surface area contributed by atoms with Gasteiger partial charge >= 0.3 is 0 Å². The standard InChI is InChI=1S/C16H23N3O4S.ClH/c1-11(16-18-15(19-23-16)9-12(2)17-3)10-24(20,21)14-7-5-13(22-4)6-8-14;/h5-8,11-12,17H,9-10H2,1-4H3;1H. The maximum atomic E-state index is 12.5. The lowest BCUT2D eigenvalue weighted by atomic mass is 10.2. The highest BCUT2D eigenvalue weighted by molar-refractivity contribution is 7.91. The van der Waals surface area contributed by atoms with Crippen LogP contribution in [0.1, 0.15) is 31.5 Å². The normalized spacial score (nSPS) is 13.8. The zero-order chi connectivity index (χ0) is 17.7. The van der Waals surface area contributed by atoms with Gasteiger partial charge in [-0.15, -0.1) is 12.4 Å². The number of nitrogens with zero attached hydrogens (tertiary/aromatic N) is 2. The highest BCUT2D eigenvalue weighted by Gasteiger charge is 2.24. The van der Waals surface area contributed by atoms with Crippen LogP contribution >= 0.6 is 12.4 Å². The van der Waals surface area contributed by atoms with Crippen molar-refractivity contribution in [2.24, 2.45) is 0 Å². The summed E-state index contributed by atoms with van der Waals surface area (Å²) < 4.78 is 35.3. The van der Waals surface area contributed by atoms with E-state index in [-0.39, 0.29) is 35.0 Å². The second-order valence-electron chi connectivity index (χ2n) is 5.80. The van der Waals surface area contributed by atoms with Crippen molar-refractivity contribution in [3.8, 4) is 5.75 Å². The number of benzene rings is 1. The number of sulfone groups is 1. The number of hydrogen-bond donors (Lipinski definition) is 1. The van der Waals surface area contributed by atoms with E-state index in [1.807, 2.05) is 14.0 Å². The highest BCUT2D eigenvalue weighted by Crippen LogP contribution is 2.22. The first-order chi connectivity index (χ1) is 11.4. The van der Waals surface area contributed by atoms with Crippen molar-refractivity contribution < 1.29 is 17.7 Å². The van der Waals surface area contributed by atoms with Gasteiger partial charge in [-0.1, -0.05) is 12.1 Å². The van der Waals surface area contributed by atoms with Gasteiger partial charge in [0.2, 0.25) is 5.89 Å². The SMILES string of the molecule is CNC(C)Cc1noc(C(C)CS(=O)(=O)c2ccc(OC)cc2)n1.Cl. The molecule has 1 heterocycles. The molecule has 2 atom stereocenters. The molecule has 0 amide bonds. The minimum atomic E-state index is -3.45. The van der Waals surface area contributed by atoms with Crippen molar-refractivity contribution in [3.63, 3.8) is 0 Å². The van der Waals surface area contributed by atoms with Crippen LogP contribution in [0.25, 0.3) is 0 Å². The molecule has 0 saturated heterocycles. The average molecular weight is 390 g/mol. The number of aromatic nitrogens is 2. The van der Waals surface area contributed by atoms with Crippen LogP contribution in [-0.2, 0) is 16.3 Å². The second kappa shape index (κ2) is 9.17. The van der Waals surface area contributed by atoms with Crippen LogP contribution in [0.3, 0.4) is 0 Å². The number of nitrogens with one attached hydrogen (secondary N) is 1. The first kappa shape index (κ1) is 21.4. The van der Waals surface area contributed by atoms with E-state index in [4.69, 9.17) is 9.26 Å². The minimum Gasteiger partial charge on any atom is -0.497 e. The van der Waals surface area contributed by atoms with Crippen LogP contribution in [0.5, 0.6) is 5.75 Å². The summed E-state index contributed by atoms with van der Waals surface area (Å²) in [6.45, 7) is 3.77. The summed E-state index contributed by atoms with van der Waals surface area (Å²) in [5.41, 5.74) is 0. The predicted molar refractivity (Wildman–Crippen MR) is 97.2 cm³/mol. The number of halogens is 1. The van der Waals surface area contributed by atoms with E-state index >= 15 is 0 Å². The fourth-order valence-electron chi connectivity index (χ4n) is 2.21. The van der Waals surface area contributed by atoms with Gasteiger partial charge in [0.15, 0.2) is 15.7 Å². The largest absolute Gasteiger partial charge is 0.497 e. The Labute approximate surface area is 154 Å². The Hall–Kier alpha value is -1.64. The topological polar surface area (TPSA) is 94.3 Å². The zero-order valence-corrected chi connectivity index (χ0v) is 16.4. The predicted octanol–water partition coefficient (Wildman–Crippen LogP) is 2.23. The monoisotopic (exact) mass is 389 g/mol. The molecule has 0 saturated carbocycles. The maximum Gasteiger partial charge on any atom is 0.230 e. The Morgan fingerprint density at radius 2 is 1.88 bits per heavy atom. The molecule has 1 aromatic heterocycles. The molecule has 0 aliphatic heterocycles. The summed E-state index contributed by atoms with van der Waals surface area (Å²) >= 11 is 0. The number of hydrogen-bond acceptors (Lipinski definition) is 7. The molecule has 0 fully saturated rings. The van der Waals surface area contributed by atoms with Gasteiger partial charge in [0, 0.05) is 18.4 Å². The van der Waals surface area contributed by atoms with E-state index in [9.17, 15) is 8.42 Å². The van der Waals surface area contributed by atoms with Crippen molar-refractivity contribution >= 4 is 22.2 Å². The molecule has 25 heavy (non-hydrogen) atoms. The van der Waals surface area contributed by atoms with Crippen molar-refractivity contribution in [1.82, 2.24) is 15.5 Å². The van der Waals surface area contributed by atoms with Gasteiger partial charge in [0.1, 0.15) is 5.75 Å². The smallest absolute Gasteiger partial charge is 0.230 e. The zero-order valence-electron chi connectivity index (χ0n) is 14.7. The quantitative estimate of drug-likeness (QED) is 0.739. The van der Waals surface area contributed by atoms with Crippen molar-refractivity contribution in [2.75, 3.05) is 19.9 Å². The fraction of sp³-hybridized carbons (Fsp3) is 0.500. The molecule has 0 aliphatic rings. The van der Waals surface area contributed by atoms with Crippen LogP contribution < -0.4 is 10.1 Å². The molecule has 2 rings (SSSR count). The lowest BCUT2D eigenvalue weighted by molar-refractivity contribution is 0.359. The van der Waals surface area contributed by atoms with Crippen LogP contribution in [0.15, 0.2) is 33.7 Å². The Kier molecular flexibility index (Phi) is 7.85. The molecule has 140 valence electrons. The Morgan fingerprint density at radius 3 is 2.44 bits per heavy atom. The first-order valence-corrected chi connectivity index (χ1v) is 9.37. The lowest BCUT2D eigenvalue weighted by Crippen LogP contribution is -2.24. The number of methoxy groups -OCH3 is 1. The molecular weight excluding hydrogens is 366 g/mol. The molecule has 7 nitrogen and oxygen atoms in total. The molecule has 0 radical (unpaired) electrons. The summed E-state index contributed by atoms with van der Waals surface area (Å²) in [7, 11) is -0.0545. The number of rotatable bonds is 8. The van der Waals surface area contributed by atoms with Crippen LogP contribution in [-0.4, -0.2) is 44.5 Å². The van der Waals surface area contributed by atoms with Crippen molar-refractivity contribution in [2.45, 2.75) is 37.1 Å². The lowest BCUT2D eigenvalue weighted by Gasteiger charge is -2.09. The fourth-order valence-corrected chi connectivity index (χ4v) is 3.75. The molecule has 0 bridgehead atoms. The van der Waals surface area contributed by atoms with Gasteiger partial charge in [-0.3, -0.25) is 0 Å². The first-order valence-electron chi connectivity index (χ1n) is 7.72. The van der Waals surface area contributed by atoms with E-state index < -0.39 is 9.84 Å². The van der Waals surface area contributed by atoms with Gasteiger partial charge in [-0.2, -0.15) is 4.98 Å². The summed E-state index contributed by atoms with van der Waals surface area (Å²) in [6.07, 6.45) is 0.623. The third-order valence-electron chi connectivity index (χ3n) is 3.77. The molecule has 2 unspecified atom stereocenters. The second-order valence-corrected chi connectivity index (χ2v) is 7.83. The van der Waals surface area contributed by atoms with E-state index in [2.05, 4.69) is 15.5 Å². The van der Waals surface area contributed by atoms with Gasteiger partial charge in [-0.05, 0) is 38.2 Å². The molecule has 1 aromatic carbocycles. The summed E-state index contributed by atoms with van der Waals surface area (Å²) in [4.78, 5) is 4.55. The number of ether oxygens (including phenoxy) is 1. The Bertz CT molecular complexity index is 762. The van der Waals surface area contributed by atoms with E-state index in [1.54, 1.807) is 19.1 Å². The van der Waals surface area contributed by atoms with Crippen LogP contribution in [0, 0.1) is 0 Å².